The molecule has 3 unspecified atom stereocenters. The molecule has 3 heteroatoms. The van der Waals surface area contributed by atoms with E-state index in [4.69, 9.17) is 11.6 Å². The zero-order valence-electron chi connectivity index (χ0n) is 9.56. The third-order valence-electron chi connectivity index (χ3n) is 3.49. The van der Waals surface area contributed by atoms with E-state index in [1.807, 2.05) is 0 Å². The highest BCUT2D eigenvalue weighted by Crippen LogP contribution is 2.37. The van der Waals surface area contributed by atoms with Gasteiger partial charge in [0.1, 0.15) is 6.10 Å². The maximum absolute atomic E-state index is 10.3. The highest BCUT2D eigenvalue weighted by atomic mass is 35.5. The number of aliphatic hydroxyl groups excluding tert-OH is 1. The van der Waals surface area contributed by atoms with Gasteiger partial charge in [-0.2, -0.15) is 0 Å². The maximum Gasteiger partial charge on any atom is 0.100 e. The summed E-state index contributed by atoms with van der Waals surface area (Å²) in [5.74, 6) is 1.02. The van der Waals surface area contributed by atoms with Gasteiger partial charge < -0.3 is 5.11 Å². The van der Waals surface area contributed by atoms with Crippen molar-refractivity contribution >= 4 is 11.6 Å². The van der Waals surface area contributed by atoms with Gasteiger partial charge in [-0.25, -0.2) is 0 Å². The lowest BCUT2D eigenvalue weighted by molar-refractivity contribution is 0.0681. The van der Waals surface area contributed by atoms with Crippen LogP contribution in [0.1, 0.15) is 44.4 Å². The van der Waals surface area contributed by atoms with Crippen molar-refractivity contribution in [2.45, 2.75) is 38.7 Å². The van der Waals surface area contributed by atoms with Crippen molar-refractivity contribution in [3.63, 3.8) is 0 Å². The molecule has 0 radical (unpaired) electrons. The van der Waals surface area contributed by atoms with Crippen molar-refractivity contribution in [2.24, 2.45) is 11.8 Å². The molecule has 1 aromatic rings. The molecule has 0 aliphatic heterocycles. The minimum atomic E-state index is -0.503. The van der Waals surface area contributed by atoms with Crippen molar-refractivity contribution in [3.05, 3.63) is 29.0 Å². The molecule has 1 aliphatic carbocycles. The van der Waals surface area contributed by atoms with Gasteiger partial charge in [-0.05, 0) is 36.8 Å². The van der Waals surface area contributed by atoms with Crippen molar-refractivity contribution in [2.75, 3.05) is 0 Å². The van der Waals surface area contributed by atoms with Crippen LogP contribution < -0.4 is 0 Å². The van der Waals surface area contributed by atoms with Gasteiger partial charge >= 0.3 is 0 Å². The van der Waals surface area contributed by atoms with Crippen molar-refractivity contribution in [1.29, 1.82) is 0 Å². The molecule has 1 saturated carbocycles. The predicted octanol–water partition coefficient (Wildman–Crippen LogP) is 3.59. The quantitative estimate of drug-likeness (QED) is 0.856. The average Bonchev–Trinajstić information content (AvgIpc) is 2.29. The maximum atomic E-state index is 10.3. The Morgan fingerprint density at radius 2 is 2.31 bits per heavy atom. The van der Waals surface area contributed by atoms with E-state index in [2.05, 4.69) is 11.9 Å². The first-order valence-electron chi connectivity index (χ1n) is 5.97. The van der Waals surface area contributed by atoms with E-state index in [-0.39, 0.29) is 0 Å². The number of halogens is 1. The number of aromatic nitrogens is 1. The summed E-state index contributed by atoms with van der Waals surface area (Å²) in [5, 5.41) is 10.9. The zero-order chi connectivity index (χ0) is 11.5. The third-order valence-corrected chi connectivity index (χ3v) is 3.81. The largest absolute Gasteiger partial charge is 0.386 e. The van der Waals surface area contributed by atoms with E-state index in [9.17, 15) is 5.11 Å². The molecule has 16 heavy (non-hydrogen) atoms. The summed E-state index contributed by atoms with van der Waals surface area (Å²) in [6.45, 7) is 2.25. The summed E-state index contributed by atoms with van der Waals surface area (Å²) >= 11 is 6.05. The van der Waals surface area contributed by atoms with Crippen LogP contribution in [-0.4, -0.2) is 10.1 Å². The Morgan fingerprint density at radius 3 is 3.00 bits per heavy atom. The lowest BCUT2D eigenvalue weighted by atomic mass is 9.79. The zero-order valence-corrected chi connectivity index (χ0v) is 10.3. The SMILES string of the molecule is CC1CCCC(C(O)c2ncccc2Cl)C1. The lowest BCUT2D eigenvalue weighted by Gasteiger charge is -2.30. The van der Waals surface area contributed by atoms with Crippen LogP contribution >= 0.6 is 11.6 Å². The van der Waals surface area contributed by atoms with Gasteiger partial charge in [0.2, 0.25) is 0 Å². The summed E-state index contributed by atoms with van der Waals surface area (Å²) in [6.07, 6.45) is 5.83. The van der Waals surface area contributed by atoms with Gasteiger partial charge in [0.05, 0.1) is 10.7 Å². The lowest BCUT2D eigenvalue weighted by Crippen LogP contribution is -2.21. The van der Waals surface area contributed by atoms with E-state index in [0.717, 1.165) is 12.8 Å². The molecular weight excluding hydrogens is 222 g/mol. The van der Waals surface area contributed by atoms with Gasteiger partial charge in [-0.15, -0.1) is 0 Å². The number of rotatable bonds is 2. The topological polar surface area (TPSA) is 33.1 Å². The Labute approximate surface area is 102 Å². The van der Waals surface area contributed by atoms with Crippen LogP contribution in [0.25, 0.3) is 0 Å². The molecule has 1 N–H and O–H groups in total. The fourth-order valence-electron chi connectivity index (χ4n) is 2.61. The van der Waals surface area contributed by atoms with E-state index >= 15 is 0 Å². The van der Waals surface area contributed by atoms with Crippen molar-refractivity contribution in [1.82, 2.24) is 4.98 Å². The van der Waals surface area contributed by atoms with E-state index in [1.165, 1.54) is 12.8 Å². The summed E-state index contributed by atoms with van der Waals surface area (Å²) in [6, 6.07) is 3.58. The monoisotopic (exact) mass is 239 g/mol. The number of pyridine rings is 1. The number of aliphatic hydroxyl groups is 1. The second-order valence-corrected chi connectivity index (χ2v) is 5.25. The molecule has 0 saturated heterocycles. The van der Waals surface area contributed by atoms with Crippen LogP contribution in [0.3, 0.4) is 0 Å². The fraction of sp³-hybridized carbons (Fsp3) is 0.615. The Bertz CT molecular complexity index is 356. The van der Waals surface area contributed by atoms with Gasteiger partial charge in [0.25, 0.3) is 0 Å². The first-order chi connectivity index (χ1) is 7.68. The molecule has 0 amide bonds. The molecule has 1 fully saturated rings. The van der Waals surface area contributed by atoms with Gasteiger partial charge in [-0.1, -0.05) is 31.4 Å². The fourth-order valence-corrected chi connectivity index (χ4v) is 2.84. The van der Waals surface area contributed by atoms with Crippen molar-refractivity contribution < 1.29 is 5.11 Å². The highest BCUT2D eigenvalue weighted by molar-refractivity contribution is 6.31. The average molecular weight is 240 g/mol. The molecule has 2 nitrogen and oxygen atoms in total. The second-order valence-electron chi connectivity index (χ2n) is 4.85. The number of nitrogens with zero attached hydrogens (tertiary/aromatic N) is 1. The Hall–Kier alpha value is -0.600. The molecule has 0 spiro atoms. The summed E-state index contributed by atoms with van der Waals surface area (Å²) < 4.78 is 0. The van der Waals surface area contributed by atoms with Crippen LogP contribution in [-0.2, 0) is 0 Å². The van der Waals surface area contributed by atoms with Gasteiger partial charge in [0.15, 0.2) is 0 Å². The van der Waals surface area contributed by atoms with Gasteiger partial charge in [0, 0.05) is 6.20 Å². The number of hydrogen-bond acceptors (Lipinski definition) is 2. The Morgan fingerprint density at radius 1 is 1.50 bits per heavy atom. The molecule has 2 rings (SSSR count). The van der Waals surface area contributed by atoms with Crippen LogP contribution in [0.2, 0.25) is 5.02 Å². The third kappa shape index (κ3) is 2.55. The van der Waals surface area contributed by atoms with E-state index in [1.54, 1.807) is 18.3 Å². The minimum absolute atomic E-state index is 0.316. The summed E-state index contributed by atoms with van der Waals surface area (Å²) in [5.41, 5.74) is 0.642. The minimum Gasteiger partial charge on any atom is -0.386 e. The molecule has 1 aliphatic rings. The van der Waals surface area contributed by atoms with Crippen LogP contribution in [0.15, 0.2) is 18.3 Å². The van der Waals surface area contributed by atoms with E-state index < -0.39 is 6.10 Å². The molecule has 1 aromatic heterocycles. The molecule has 1 heterocycles. The van der Waals surface area contributed by atoms with Crippen LogP contribution in [0, 0.1) is 11.8 Å². The first-order valence-corrected chi connectivity index (χ1v) is 6.34. The Balaban J connectivity index is 2.12. The van der Waals surface area contributed by atoms with Crippen molar-refractivity contribution in [3.8, 4) is 0 Å². The van der Waals surface area contributed by atoms with Gasteiger partial charge in [-0.3, -0.25) is 4.98 Å². The summed E-state index contributed by atoms with van der Waals surface area (Å²) in [4.78, 5) is 4.20. The second kappa shape index (κ2) is 5.15. The van der Waals surface area contributed by atoms with E-state index in [0.29, 0.717) is 22.6 Å². The molecule has 88 valence electrons. The first kappa shape index (κ1) is 11.9. The molecule has 0 bridgehead atoms. The highest BCUT2D eigenvalue weighted by Gasteiger charge is 2.28. The molecule has 3 atom stereocenters. The molecule has 0 aromatic carbocycles. The Kier molecular flexibility index (Phi) is 3.82. The predicted molar refractivity (Wildman–Crippen MR) is 65.3 cm³/mol. The summed E-state index contributed by atoms with van der Waals surface area (Å²) in [7, 11) is 0. The van der Waals surface area contributed by atoms with Crippen LogP contribution in [0.4, 0.5) is 0 Å². The smallest absolute Gasteiger partial charge is 0.100 e. The standard InChI is InChI=1S/C13H18ClNO/c1-9-4-2-5-10(8-9)13(16)12-11(14)6-3-7-15-12/h3,6-7,9-10,13,16H,2,4-5,8H2,1H3. The normalized spacial score (nSPS) is 27.7. The van der Waals surface area contributed by atoms with Crippen LogP contribution in [0.5, 0.6) is 0 Å². The molecular formula is C13H18ClNO. The number of hydrogen-bond donors (Lipinski definition) is 1.